The van der Waals surface area contributed by atoms with E-state index in [9.17, 15) is 18.9 Å². The van der Waals surface area contributed by atoms with Crippen molar-refractivity contribution in [1.29, 1.82) is 0 Å². The zero-order valence-corrected chi connectivity index (χ0v) is 15.0. The van der Waals surface area contributed by atoms with Gasteiger partial charge in [0.15, 0.2) is 0 Å². The molecule has 2 aromatic rings. The number of benzene rings is 2. The molecule has 132 valence electrons. The average Bonchev–Trinajstić information content (AvgIpc) is 2.54. The zero-order chi connectivity index (χ0) is 18.4. The van der Waals surface area contributed by atoms with Crippen molar-refractivity contribution in [1.82, 2.24) is 5.32 Å². The molecule has 0 aliphatic heterocycles. The van der Waals surface area contributed by atoms with Crippen molar-refractivity contribution in [2.24, 2.45) is 0 Å². The van der Waals surface area contributed by atoms with Crippen molar-refractivity contribution >= 4 is 22.7 Å². The highest BCUT2D eigenvalue weighted by Crippen LogP contribution is 2.21. The van der Waals surface area contributed by atoms with Crippen LogP contribution >= 0.6 is 0 Å². The fourth-order valence-corrected chi connectivity index (χ4v) is 3.32. The van der Waals surface area contributed by atoms with Crippen molar-refractivity contribution in [3.8, 4) is 0 Å². The van der Waals surface area contributed by atoms with E-state index < -0.39 is 22.8 Å². The number of carbonyl (C=O) groups excluding carboxylic acids is 1. The molecule has 0 aliphatic carbocycles. The summed E-state index contributed by atoms with van der Waals surface area (Å²) in [6, 6.07) is 13.7. The van der Waals surface area contributed by atoms with Gasteiger partial charge in [-0.25, -0.2) is 0 Å². The number of rotatable bonds is 7. The van der Waals surface area contributed by atoms with Crippen LogP contribution in [0.4, 0.5) is 0 Å². The van der Waals surface area contributed by atoms with Gasteiger partial charge in [0.2, 0.25) is 0 Å². The Labute approximate surface area is 149 Å². The van der Waals surface area contributed by atoms with Gasteiger partial charge in [-0.1, -0.05) is 36.4 Å². The van der Waals surface area contributed by atoms with Gasteiger partial charge in [-0.15, -0.1) is 0 Å². The minimum Gasteiger partial charge on any atom is -0.481 e. The van der Waals surface area contributed by atoms with Gasteiger partial charge in [0.1, 0.15) is 0 Å². The van der Waals surface area contributed by atoms with E-state index in [0.717, 1.165) is 16.7 Å². The summed E-state index contributed by atoms with van der Waals surface area (Å²) in [5, 5.41) is 12.0. The van der Waals surface area contributed by atoms with Gasteiger partial charge < -0.3 is 10.4 Å². The fourth-order valence-electron chi connectivity index (χ4n) is 2.67. The van der Waals surface area contributed by atoms with E-state index in [1.165, 1.54) is 0 Å². The van der Waals surface area contributed by atoms with Gasteiger partial charge >= 0.3 is 5.97 Å². The monoisotopic (exact) mass is 359 g/mol. The highest BCUT2D eigenvalue weighted by Gasteiger charge is 2.20. The molecule has 0 aliphatic rings. The van der Waals surface area contributed by atoms with E-state index in [2.05, 4.69) is 5.32 Å². The van der Waals surface area contributed by atoms with Crippen LogP contribution in [0.1, 0.15) is 39.5 Å². The van der Waals surface area contributed by atoms with Crippen LogP contribution in [-0.4, -0.2) is 27.4 Å². The Morgan fingerprint density at radius 1 is 1.16 bits per heavy atom. The van der Waals surface area contributed by atoms with Gasteiger partial charge in [0, 0.05) is 28.4 Å². The molecule has 0 spiro atoms. The van der Waals surface area contributed by atoms with Crippen molar-refractivity contribution in [3.05, 3.63) is 70.8 Å². The first-order valence-corrected chi connectivity index (χ1v) is 9.56. The molecule has 6 heteroatoms. The number of hydrogen-bond acceptors (Lipinski definition) is 3. The second-order valence-electron chi connectivity index (χ2n) is 5.90. The minimum atomic E-state index is -0.999. The SMILES string of the molecule is Cc1ccccc1C(CC(=O)O)NC(=O)c1cccc(CS(C)=O)c1. The lowest BCUT2D eigenvalue weighted by Gasteiger charge is -2.19. The number of carboxylic acid groups (broad SMARTS) is 1. The molecular weight excluding hydrogens is 338 g/mol. The molecule has 2 aromatic carbocycles. The normalized spacial score (nSPS) is 13.0. The van der Waals surface area contributed by atoms with Crippen molar-refractivity contribution < 1.29 is 18.9 Å². The van der Waals surface area contributed by atoms with Crippen LogP contribution in [0, 0.1) is 6.92 Å². The largest absolute Gasteiger partial charge is 0.481 e. The second kappa shape index (κ2) is 8.58. The third-order valence-electron chi connectivity index (χ3n) is 3.81. The molecule has 0 aromatic heterocycles. The van der Waals surface area contributed by atoms with Crippen LogP contribution in [0.2, 0.25) is 0 Å². The first-order valence-electron chi connectivity index (χ1n) is 7.84. The Hall–Kier alpha value is -2.47. The van der Waals surface area contributed by atoms with Gasteiger partial charge in [-0.3, -0.25) is 13.8 Å². The predicted molar refractivity (Wildman–Crippen MR) is 97.9 cm³/mol. The molecule has 0 saturated carbocycles. The summed E-state index contributed by atoms with van der Waals surface area (Å²) < 4.78 is 11.4. The number of nitrogens with one attached hydrogen (secondary N) is 1. The van der Waals surface area contributed by atoms with Crippen LogP contribution < -0.4 is 5.32 Å². The molecule has 0 radical (unpaired) electrons. The molecule has 2 unspecified atom stereocenters. The molecule has 1 amide bonds. The maximum Gasteiger partial charge on any atom is 0.305 e. The minimum absolute atomic E-state index is 0.199. The summed E-state index contributed by atoms with van der Waals surface area (Å²) in [7, 11) is -0.999. The van der Waals surface area contributed by atoms with Crippen molar-refractivity contribution in [2.75, 3.05) is 6.26 Å². The molecule has 0 heterocycles. The quantitative estimate of drug-likeness (QED) is 0.796. The van der Waals surface area contributed by atoms with Crippen LogP contribution in [-0.2, 0) is 21.3 Å². The third kappa shape index (κ3) is 5.53. The molecular formula is C19H21NO4S. The van der Waals surface area contributed by atoms with Crippen LogP contribution in [0.5, 0.6) is 0 Å². The summed E-state index contributed by atoms with van der Waals surface area (Å²) in [5.41, 5.74) is 2.93. The second-order valence-corrected chi connectivity index (χ2v) is 7.33. The standard InChI is InChI=1S/C19H21NO4S/c1-13-6-3-4-9-16(13)17(11-18(21)22)20-19(23)15-8-5-7-14(10-15)12-25(2)24/h3-10,17H,11-12H2,1-2H3,(H,20,23)(H,21,22). The van der Waals surface area contributed by atoms with E-state index in [1.807, 2.05) is 37.3 Å². The number of hydrogen-bond donors (Lipinski definition) is 2. The molecule has 5 nitrogen and oxygen atoms in total. The number of aliphatic carboxylic acids is 1. The maximum atomic E-state index is 12.6. The first kappa shape index (κ1) is 18.9. The van der Waals surface area contributed by atoms with Gasteiger partial charge in [0.05, 0.1) is 12.5 Å². The van der Waals surface area contributed by atoms with Crippen molar-refractivity contribution in [2.45, 2.75) is 25.1 Å². The van der Waals surface area contributed by atoms with Gasteiger partial charge in [-0.05, 0) is 35.7 Å². The Balaban J connectivity index is 2.24. The number of amides is 1. The van der Waals surface area contributed by atoms with Gasteiger partial charge in [-0.2, -0.15) is 0 Å². The fraction of sp³-hybridized carbons (Fsp3) is 0.263. The summed E-state index contributed by atoms with van der Waals surface area (Å²) in [5.74, 6) is -0.959. The lowest BCUT2D eigenvalue weighted by atomic mass is 9.98. The number of carboxylic acids is 1. The highest BCUT2D eigenvalue weighted by molar-refractivity contribution is 7.83. The molecule has 2 N–H and O–H groups in total. The lowest BCUT2D eigenvalue weighted by molar-refractivity contribution is -0.137. The lowest BCUT2D eigenvalue weighted by Crippen LogP contribution is -2.30. The molecule has 0 saturated heterocycles. The Kier molecular flexibility index (Phi) is 6.47. The zero-order valence-electron chi connectivity index (χ0n) is 14.2. The van der Waals surface area contributed by atoms with E-state index in [0.29, 0.717) is 11.3 Å². The smallest absolute Gasteiger partial charge is 0.305 e. The number of carbonyl (C=O) groups is 2. The molecule has 25 heavy (non-hydrogen) atoms. The summed E-state index contributed by atoms with van der Waals surface area (Å²) in [6.45, 7) is 1.88. The van der Waals surface area contributed by atoms with Crippen LogP contribution in [0.25, 0.3) is 0 Å². The average molecular weight is 359 g/mol. The van der Waals surface area contributed by atoms with Crippen LogP contribution in [0.3, 0.4) is 0 Å². The summed E-state index contributed by atoms with van der Waals surface area (Å²) in [6.07, 6.45) is 1.41. The molecule has 2 atom stereocenters. The van der Waals surface area contributed by atoms with Gasteiger partial charge in [0.25, 0.3) is 5.91 Å². The van der Waals surface area contributed by atoms with E-state index in [-0.39, 0.29) is 12.3 Å². The Bertz CT molecular complexity index is 804. The maximum absolute atomic E-state index is 12.6. The Morgan fingerprint density at radius 3 is 2.52 bits per heavy atom. The highest BCUT2D eigenvalue weighted by atomic mass is 32.2. The Morgan fingerprint density at radius 2 is 1.88 bits per heavy atom. The summed E-state index contributed by atoms with van der Waals surface area (Å²) >= 11 is 0. The van der Waals surface area contributed by atoms with Crippen LogP contribution in [0.15, 0.2) is 48.5 Å². The predicted octanol–water partition coefficient (Wildman–Crippen LogP) is 2.82. The molecule has 0 bridgehead atoms. The van der Waals surface area contributed by atoms with E-state index in [4.69, 9.17) is 0 Å². The molecule has 0 fully saturated rings. The first-order chi connectivity index (χ1) is 11.9. The van der Waals surface area contributed by atoms with E-state index >= 15 is 0 Å². The topological polar surface area (TPSA) is 83.5 Å². The third-order valence-corrected chi connectivity index (χ3v) is 4.55. The number of aryl methyl sites for hydroxylation is 1. The van der Waals surface area contributed by atoms with Crippen molar-refractivity contribution in [3.63, 3.8) is 0 Å². The molecule has 2 rings (SSSR count). The summed E-state index contributed by atoms with van der Waals surface area (Å²) in [4.78, 5) is 23.8. The van der Waals surface area contributed by atoms with E-state index in [1.54, 1.807) is 24.5 Å².